The van der Waals surface area contributed by atoms with Crippen LogP contribution in [0.5, 0.6) is 5.75 Å². The lowest BCUT2D eigenvalue weighted by molar-refractivity contribution is -0.121. The number of para-hydroxylation sites is 1. The highest BCUT2D eigenvalue weighted by atomic mass is 16.3. The topological polar surface area (TPSA) is 71.3 Å². The summed E-state index contributed by atoms with van der Waals surface area (Å²) in [6.07, 6.45) is 2.77. The first-order valence-corrected chi connectivity index (χ1v) is 8.27. The van der Waals surface area contributed by atoms with Gasteiger partial charge in [0.25, 0.3) is 0 Å². The predicted molar refractivity (Wildman–Crippen MR) is 96.6 cm³/mol. The quantitative estimate of drug-likeness (QED) is 0.726. The first kappa shape index (κ1) is 16.8. The van der Waals surface area contributed by atoms with Crippen molar-refractivity contribution in [3.63, 3.8) is 0 Å². The van der Waals surface area contributed by atoms with Gasteiger partial charge in [0, 0.05) is 31.0 Å². The van der Waals surface area contributed by atoms with Gasteiger partial charge < -0.3 is 10.4 Å². The van der Waals surface area contributed by atoms with Crippen molar-refractivity contribution in [1.82, 2.24) is 9.88 Å². The number of rotatable bonds is 6. The highest BCUT2D eigenvalue weighted by Crippen LogP contribution is 2.15. The van der Waals surface area contributed by atoms with Crippen LogP contribution in [-0.2, 0) is 11.2 Å². The van der Waals surface area contributed by atoms with Gasteiger partial charge in [0.2, 0.25) is 11.8 Å². The number of aromatic hydroxyl groups is 1. The summed E-state index contributed by atoms with van der Waals surface area (Å²) < 4.78 is 1.60. The molecule has 0 aliphatic rings. The van der Waals surface area contributed by atoms with E-state index in [4.69, 9.17) is 0 Å². The molecule has 1 amide bonds. The fourth-order valence-electron chi connectivity index (χ4n) is 2.74. The van der Waals surface area contributed by atoms with Gasteiger partial charge in [-0.1, -0.05) is 30.3 Å². The van der Waals surface area contributed by atoms with E-state index in [-0.39, 0.29) is 30.4 Å². The summed E-state index contributed by atoms with van der Waals surface area (Å²) in [7, 11) is 0. The molecule has 0 saturated heterocycles. The van der Waals surface area contributed by atoms with Gasteiger partial charge in [0.1, 0.15) is 5.75 Å². The lowest BCUT2D eigenvalue weighted by Crippen LogP contribution is -2.26. The maximum Gasteiger partial charge on any atom is 0.231 e. The molecule has 0 bridgehead atoms. The number of nitrogens with zero attached hydrogens (tertiary/aromatic N) is 1. The Hall–Kier alpha value is -3.08. The third-order valence-corrected chi connectivity index (χ3v) is 4.11. The number of benzene rings is 2. The Kier molecular flexibility index (Phi) is 5.14. The van der Waals surface area contributed by atoms with E-state index in [0.29, 0.717) is 13.0 Å². The van der Waals surface area contributed by atoms with E-state index in [0.717, 1.165) is 16.5 Å². The van der Waals surface area contributed by atoms with Gasteiger partial charge in [-0.2, -0.15) is 0 Å². The molecule has 2 aromatic carbocycles. The molecule has 0 radical (unpaired) electrons. The molecular weight excluding hydrogens is 316 g/mol. The summed E-state index contributed by atoms with van der Waals surface area (Å²) in [6.45, 7) is 0.504. The number of phenols is 1. The SMILES string of the molecule is O=C(CCC(=O)n1ccc2ccccc21)NCCc1ccc(O)cc1. The summed E-state index contributed by atoms with van der Waals surface area (Å²) in [6, 6.07) is 16.4. The van der Waals surface area contributed by atoms with Crippen LogP contribution < -0.4 is 5.32 Å². The van der Waals surface area contributed by atoms with E-state index in [2.05, 4.69) is 5.32 Å². The third kappa shape index (κ3) is 4.26. The van der Waals surface area contributed by atoms with Crippen LogP contribution in [0.4, 0.5) is 0 Å². The Labute approximate surface area is 145 Å². The number of aromatic nitrogens is 1. The second-order valence-electron chi connectivity index (χ2n) is 5.90. The second kappa shape index (κ2) is 7.66. The molecule has 3 rings (SSSR count). The molecule has 3 aromatic rings. The van der Waals surface area contributed by atoms with Crippen LogP contribution in [0.3, 0.4) is 0 Å². The van der Waals surface area contributed by atoms with Gasteiger partial charge in [-0.15, -0.1) is 0 Å². The number of amides is 1. The molecule has 0 spiro atoms. The highest BCUT2D eigenvalue weighted by molar-refractivity contribution is 5.93. The van der Waals surface area contributed by atoms with Gasteiger partial charge in [0.05, 0.1) is 5.52 Å². The number of fused-ring (bicyclic) bond motifs is 1. The molecule has 5 heteroatoms. The molecule has 2 N–H and O–H groups in total. The van der Waals surface area contributed by atoms with Gasteiger partial charge in [-0.25, -0.2) is 0 Å². The number of hydrogen-bond donors (Lipinski definition) is 2. The number of phenolic OH excluding ortho intramolecular Hbond substituents is 1. The van der Waals surface area contributed by atoms with Crippen LogP contribution in [0.1, 0.15) is 23.2 Å². The van der Waals surface area contributed by atoms with Crippen LogP contribution in [0.25, 0.3) is 10.9 Å². The lowest BCUT2D eigenvalue weighted by Gasteiger charge is -2.06. The molecule has 0 aliphatic carbocycles. The van der Waals surface area contributed by atoms with E-state index < -0.39 is 0 Å². The molecule has 0 aliphatic heterocycles. The van der Waals surface area contributed by atoms with Gasteiger partial charge in [0.15, 0.2) is 0 Å². The molecule has 25 heavy (non-hydrogen) atoms. The van der Waals surface area contributed by atoms with Gasteiger partial charge >= 0.3 is 0 Å². The molecule has 0 unspecified atom stereocenters. The summed E-state index contributed by atoms with van der Waals surface area (Å²) in [5.74, 6) is 0.00214. The number of carbonyl (C=O) groups excluding carboxylic acids is 2. The molecular formula is C20H20N2O3. The summed E-state index contributed by atoms with van der Waals surface area (Å²) >= 11 is 0. The van der Waals surface area contributed by atoms with Crippen molar-refractivity contribution in [2.75, 3.05) is 6.54 Å². The van der Waals surface area contributed by atoms with Crippen molar-refractivity contribution in [3.05, 3.63) is 66.4 Å². The largest absolute Gasteiger partial charge is 0.508 e. The van der Waals surface area contributed by atoms with Crippen molar-refractivity contribution >= 4 is 22.7 Å². The minimum Gasteiger partial charge on any atom is -0.508 e. The van der Waals surface area contributed by atoms with Crippen molar-refractivity contribution in [3.8, 4) is 5.75 Å². The fraction of sp³-hybridized carbons (Fsp3) is 0.200. The van der Waals surface area contributed by atoms with Crippen molar-refractivity contribution in [2.24, 2.45) is 0 Å². The van der Waals surface area contributed by atoms with Crippen molar-refractivity contribution < 1.29 is 14.7 Å². The average molecular weight is 336 g/mol. The molecule has 5 nitrogen and oxygen atoms in total. The van der Waals surface area contributed by atoms with Crippen LogP contribution in [-0.4, -0.2) is 28.0 Å². The smallest absolute Gasteiger partial charge is 0.231 e. The first-order chi connectivity index (χ1) is 12.1. The van der Waals surface area contributed by atoms with E-state index in [1.165, 1.54) is 0 Å². The Balaban J connectivity index is 1.45. The maximum atomic E-state index is 12.3. The average Bonchev–Trinajstić information content (AvgIpc) is 3.05. The third-order valence-electron chi connectivity index (χ3n) is 4.11. The van der Waals surface area contributed by atoms with E-state index in [1.54, 1.807) is 22.9 Å². The predicted octanol–water partition coefficient (Wildman–Crippen LogP) is 3.13. The zero-order valence-electron chi connectivity index (χ0n) is 13.8. The molecule has 128 valence electrons. The lowest BCUT2D eigenvalue weighted by atomic mass is 10.1. The highest BCUT2D eigenvalue weighted by Gasteiger charge is 2.11. The first-order valence-electron chi connectivity index (χ1n) is 8.27. The fourth-order valence-corrected chi connectivity index (χ4v) is 2.74. The number of carbonyl (C=O) groups is 2. The van der Waals surface area contributed by atoms with Crippen LogP contribution >= 0.6 is 0 Å². The Bertz CT molecular complexity index is 881. The van der Waals surface area contributed by atoms with E-state index in [9.17, 15) is 14.7 Å². The van der Waals surface area contributed by atoms with Crippen LogP contribution in [0.2, 0.25) is 0 Å². The molecule has 0 saturated carbocycles. The number of nitrogens with one attached hydrogen (secondary N) is 1. The summed E-state index contributed by atoms with van der Waals surface area (Å²) in [5.41, 5.74) is 1.90. The standard InChI is InChI=1S/C20H20N2O3/c23-17-7-5-15(6-8-17)11-13-21-19(24)9-10-20(25)22-14-12-16-3-1-2-4-18(16)22/h1-8,12,14,23H,9-11,13H2,(H,21,24). The molecule has 1 heterocycles. The normalized spacial score (nSPS) is 10.7. The minimum absolute atomic E-state index is 0.0881. The summed E-state index contributed by atoms with van der Waals surface area (Å²) in [5, 5.41) is 13.1. The van der Waals surface area contributed by atoms with E-state index >= 15 is 0 Å². The summed E-state index contributed by atoms with van der Waals surface area (Å²) in [4.78, 5) is 24.2. The second-order valence-corrected chi connectivity index (χ2v) is 5.90. The Morgan fingerprint density at radius 1 is 0.960 bits per heavy atom. The maximum absolute atomic E-state index is 12.3. The monoisotopic (exact) mass is 336 g/mol. The zero-order valence-corrected chi connectivity index (χ0v) is 13.8. The minimum atomic E-state index is -0.136. The van der Waals surface area contributed by atoms with Crippen LogP contribution in [0.15, 0.2) is 60.8 Å². The van der Waals surface area contributed by atoms with Crippen molar-refractivity contribution in [2.45, 2.75) is 19.3 Å². The Morgan fingerprint density at radius 2 is 1.72 bits per heavy atom. The van der Waals surface area contributed by atoms with Gasteiger partial charge in [-0.3, -0.25) is 14.2 Å². The molecule has 0 atom stereocenters. The zero-order chi connectivity index (χ0) is 17.6. The van der Waals surface area contributed by atoms with Crippen molar-refractivity contribution in [1.29, 1.82) is 0 Å². The van der Waals surface area contributed by atoms with E-state index in [1.807, 2.05) is 42.5 Å². The van der Waals surface area contributed by atoms with Gasteiger partial charge in [-0.05, 0) is 36.2 Å². The number of hydrogen-bond acceptors (Lipinski definition) is 3. The Morgan fingerprint density at radius 3 is 2.52 bits per heavy atom. The molecule has 0 fully saturated rings. The van der Waals surface area contributed by atoms with Crippen LogP contribution in [0, 0.1) is 0 Å². The molecule has 1 aromatic heterocycles.